The number of morpholine rings is 1. The highest BCUT2D eigenvalue weighted by Gasteiger charge is 2.18. The third-order valence-corrected chi connectivity index (χ3v) is 11.0. The van der Waals surface area contributed by atoms with Gasteiger partial charge in [-0.3, -0.25) is 14.5 Å². The Hall–Kier alpha value is -2.26. The van der Waals surface area contributed by atoms with Crippen LogP contribution in [0, 0.1) is 0 Å². The van der Waals surface area contributed by atoms with Crippen molar-refractivity contribution < 1.29 is 28.9 Å². The summed E-state index contributed by atoms with van der Waals surface area (Å²) < 4.78 is 16.6. The Labute approximate surface area is 363 Å². The predicted molar refractivity (Wildman–Crippen MR) is 249 cm³/mol. The molecule has 1 unspecified atom stereocenters. The standard InChI is InChI=1S/C51H92N2O6/c1-3-5-7-9-11-13-15-17-19-21-23-25-27-29-31-37-50(55)58-43-35-33-39-52(47-49(54)48-53-41-45-57-46-42-53)40-34-36-44-59-51(56)38-32-30-28-26-24-22-20-18-16-14-12-10-8-6-4-2/h11-14,17-20,49,54H,3-10,15-16,21-48H2,1-2H3/b13-11-,14-12-,19-17-,20-18-. The van der Waals surface area contributed by atoms with E-state index < -0.39 is 6.10 Å². The summed E-state index contributed by atoms with van der Waals surface area (Å²) in [4.78, 5) is 29.2. The van der Waals surface area contributed by atoms with Crippen LogP contribution < -0.4 is 0 Å². The van der Waals surface area contributed by atoms with Gasteiger partial charge in [0.15, 0.2) is 0 Å². The number of esters is 2. The minimum absolute atomic E-state index is 0.0848. The van der Waals surface area contributed by atoms with Gasteiger partial charge >= 0.3 is 11.9 Å². The molecule has 0 aromatic carbocycles. The summed E-state index contributed by atoms with van der Waals surface area (Å²) in [5.41, 5.74) is 0. The van der Waals surface area contributed by atoms with Crippen molar-refractivity contribution in [3.8, 4) is 0 Å². The molecule has 1 aliphatic rings. The van der Waals surface area contributed by atoms with Crippen molar-refractivity contribution in [3.63, 3.8) is 0 Å². The Bertz CT molecular complexity index is 985. The normalized spacial score (nSPS) is 14.5. The van der Waals surface area contributed by atoms with Crippen molar-refractivity contribution in [2.45, 2.75) is 200 Å². The zero-order chi connectivity index (χ0) is 42.5. The van der Waals surface area contributed by atoms with E-state index in [1.165, 1.54) is 89.9 Å². The van der Waals surface area contributed by atoms with Gasteiger partial charge in [-0.25, -0.2) is 0 Å². The molecule has 1 fully saturated rings. The molecule has 0 amide bonds. The SMILES string of the molecule is CCCCC/C=C\C/C=C\CCCCCCCC(=O)OCCCCN(CCCCOC(=O)CCCCCCC/C=C\C/C=C\CCCCC)CC(O)CN1CCOCC1. The fraction of sp³-hybridized carbons (Fsp3) is 0.804. The third-order valence-electron chi connectivity index (χ3n) is 11.0. The molecule has 1 rings (SSSR count). The van der Waals surface area contributed by atoms with Crippen molar-refractivity contribution in [1.29, 1.82) is 0 Å². The van der Waals surface area contributed by atoms with Crippen molar-refractivity contribution in [2.24, 2.45) is 0 Å². The Morgan fingerprint density at radius 1 is 0.559 bits per heavy atom. The van der Waals surface area contributed by atoms with Gasteiger partial charge in [0.05, 0.1) is 32.5 Å². The first-order valence-corrected chi connectivity index (χ1v) is 24.7. The van der Waals surface area contributed by atoms with E-state index in [1.807, 2.05) is 0 Å². The molecule has 0 radical (unpaired) electrons. The van der Waals surface area contributed by atoms with Crippen LogP contribution in [0.5, 0.6) is 0 Å². The number of carbonyl (C=O) groups excluding carboxylic acids is 2. The molecule has 8 heteroatoms. The maximum atomic E-state index is 12.3. The molecule has 8 nitrogen and oxygen atoms in total. The molecule has 342 valence electrons. The first-order valence-electron chi connectivity index (χ1n) is 24.7. The molecular weight excluding hydrogens is 737 g/mol. The van der Waals surface area contributed by atoms with Crippen LogP contribution >= 0.6 is 0 Å². The Morgan fingerprint density at radius 2 is 0.966 bits per heavy atom. The lowest BCUT2D eigenvalue weighted by atomic mass is 10.1. The Kier molecular flexibility index (Phi) is 40.7. The summed E-state index contributed by atoms with van der Waals surface area (Å²) in [5.74, 6) is -0.170. The number of rotatable bonds is 42. The monoisotopic (exact) mass is 829 g/mol. The van der Waals surface area contributed by atoms with E-state index in [4.69, 9.17) is 14.2 Å². The number of ether oxygens (including phenoxy) is 3. The average molecular weight is 829 g/mol. The number of β-amino-alcohol motifs (C(OH)–C–C–N with tert-alkyl or cyclic N) is 1. The van der Waals surface area contributed by atoms with Crippen molar-refractivity contribution in [2.75, 3.05) is 65.7 Å². The number of allylic oxidation sites excluding steroid dienone is 8. The maximum Gasteiger partial charge on any atom is 0.305 e. The van der Waals surface area contributed by atoms with Gasteiger partial charge in [-0.1, -0.05) is 127 Å². The minimum atomic E-state index is -0.434. The van der Waals surface area contributed by atoms with Gasteiger partial charge in [0.1, 0.15) is 0 Å². The molecule has 1 N–H and O–H groups in total. The van der Waals surface area contributed by atoms with E-state index in [9.17, 15) is 14.7 Å². The summed E-state index contributed by atoms with van der Waals surface area (Å²) in [6.07, 6.45) is 48.2. The van der Waals surface area contributed by atoms with Crippen LogP contribution in [0.3, 0.4) is 0 Å². The number of nitrogens with zero attached hydrogens (tertiary/aromatic N) is 2. The highest BCUT2D eigenvalue weighted by atomic mass is 16.5. The minimum Gasteiger partial charge on any atom is -0.466 e. The molecule has 1 atom stereocenters. The van der Waals surface area contributed by atoms with Crippen molar-refractivity contribution in [1.82, 2.24) is 9.80 Å². The Morgan fingerprint density at radius 3 is 1.41 bits per heavy atom. The van der Waals surface area contributed by atoms with Gasteiger partial charge < -0.3 is 24.2 Å². The number of unbranched alkanes of at least 4 members (excludes halogenated alkanes) is 18. The molecule has 1 heterocycles. The fourth-order valence-electron chi connectivity index (χ4n) is 7.28. The van der Waals surface area contributed by atoms with Gasteiger partial charge in [-0.2, -0.15) is 0 Å². The van der Waals surface area contributed by atoms with E-state index in [0.717, 1.165) is 116 Å². The van der Waals surface area contributed by atoms with E-state index in [1.54, 1.807) is 0 Å². The molecule has 1 saturated heterocycles. The Balaban J connectivity index is 2.14. The van der Waals surface area contributed by atoms with Crippen LogP contribution in [-0.4, -0.2) is 98.6 Å². The van der Waals surface area contributed by atoms with Gasteiger partial charge in [0.2, 0.25) is 0 Å². The molecule has 0 aromatic heterocycles. The predicted octanol–water partition coefficient (Wildman–Crippen LogP) is 12.3. The third kappa shape index (κ3) is 39.6. The van der Waals surface area contributed by atoms with Crippen LogP contribution in [0.4, 0.5) is 0 Å². The number of aliphatic hydroxyl groups is 1. The molecule has 0 spiro atoms. The lowest BCUT2D eigenvalue weighted by Gasteiger charge is -2.31. The molecule has 0 aromatic rings. The highest BCUT2D eigenvalue weighted by molar-refractivity contribution is 5.69. The van der Waals surface area contributed by atoms with Crippen LogP contribution in [0.2, 0.25) is 0 Å². The van der Waals surface area contributed by atoms with Gasteiger partial charge in [0.25, 0.3) is 0 Å². The lowest BCUT2D eigenvalue weighted by Crippen LogP contribution is -2.45. The van der Waals surface area contributed by atoms with Crippen LogP contribution in [0.15, 0.2) is 48.6 Å². The number of hydrogen-bond donors (Lipinski definition) is 1. The summed E-state index contributed by atoms with van der Waals surface area (Å²) in [6, 6.07) is 0. The highest BCUT2D eigenvalue weighted by Crippen LogP contribution is 2.12. The summed E-state index contributed by atoms with van der Waals surface area (Å²) in [5, 5.41) is 10.9. The quantitative estimate of drug-likeness (QED) is 0.0370. The second-order valence-corrected chi connectivity index (χ2v) is 16.7. The van der Waals surface area contributed by atoms with E-state index in [0.29, 0.717) is 39.1 Å². The van der Waals surface area contributed by atoms with Crippen molar-refractivity contribution in [3.05, 3.63) is 48.6 Å². The molecular formula is C51H92N2O6. The first kappa shape index (κ1) is 54.8. The first-order chi connectivity index (χ1) is 29.0. The van der Waals surface area contributed by atoms with Gasteiger partial charge in [-0.15, -0.1) is 0 Å². The summed E-state index contributed by atoms with van der Waals surface area (Å²) in [7, 11) is 0. The maximum absolute atomic E-state index is 12.3. The topological polar surface area (TPSA) is 88.5 Å². The zero-order valence-corrected chi connectivity index (χ0v) is 38.4. The number of aliphatic hydroxyl groups excluding tert-OH is 1. The second kappa shape index (κ2) is 43.8. The molecule has 59 heavy (non-hydrogen) atoms. The molecule has 0 aliphatic carbocycles. The zero-order valence-electron chi connectivity index (χ0n) is 38.4. The number of hydrogen-bond acceptors (Lipinski definition) is 8. The van der Waals surface area contributed by atoms with Crippen LogP contribution in [-0.2, 0) is 23.8 Å². The van der Waals surface area contributed by atoms with Gasteiger partial charge in [0, 0.05) is 39.0 Å². The molecule has 1 aliphatic heterocycles. The van der Waals surface area contributed by atoms with Crippen molar-refractivity contribution >= 4 is 11.9 Å². The van der Waals surface area contributed by atoms with E-state index >= 15 is 0 Å². The molecule has 0 saturated carbocycles. The average Bonchev–Trinajstić information content (AvgIpc) is 3.23. The lowest BCUT2D eigenvalue weighted by molar-refractivity contribution is -0.144. The van der Waals surface area contributed by atoms with E-state index in [-0.39, 0.29) is 11.9 Å². The van der Waals surface area contributed by atoms with Crippen LogP contribution in [0.1, 0.15) is 194 Å². The number of carbonyl (C=O) groups is 2. The fourth-order valence-corrected chi connectivity index (χ4v) is 7.28. The summed E-state index contributed by atoms with van der Waals surface area (Å²) >= 11 is 0. The van der Waals surface area contributed by atoms with Crippen LogP contribution in [0.25, 0.3) is 0 Å². The summed E-state index contributed by atoms with van der Waals surface area (Å²) in [6.45, 7) is 11.5. The molecule has 0 bridgehead atoms. The van der Waals surface area contributed by atoms with E-state index in [2.05, 4.69) is 72.3 Å². The second-order valence-electron chi connectivity index (χ2n) is 16.7. The van der Waals surface area contributed by atoms with Gasteiger partial charge in [-0.05, 0) is 116 Å². The largest absolute Gasteiger partial charge is 0.466 e. The smallest absolute Gasteiger partial charge is 0.305 e.